The highest BCUT2D eigenvalue weighted by Crippen LogP contribution is 2.33. The summed E-state index contributed by atoms with van der Waals surface area (Å²) in [5.74, 6) is 0.0104. The zero-order chi connectivity index (χ0) is 41.7. The Kier molecular flexibility index (Phi) is 32.6. The smallest absolute Gasteiger partial charge is 0.315 e. The summed E-state index contributed by atoms with van der Waals surface area (Å²) >= 11 is 1.87. The van der Waals surface area contributed by atoms with Crippen LogP contribution in [0, 0.1) is 0 Å². The summed E-state index contributed by atoms with van der Waals surface area (Å²) in [4.78, 5) is 47.9. The molecule has 2 heterocycles. The van der Waals surface area contributed by atoms with E-state index in [9.17, 15) is 19.2 Å². The fourth-order valence-electron chi connectivity index (χ4n) is 5.78. The van der Waals surface area contributed by atoms with Crippen LogP contribution >= 0.6 is 11.8 Å². The summed E-state index contributed by atoms with van der Waals surface area (Å²) in [6.07, 6.45) is 4.91. The number of rotatable bonds is 42. The summed E-state index contributed by atoms with van der Waals surface area (Å²) in [6, 6.07) is -0.465. The number of primary amides is 1. The number of unbranched alkanes of at least 4 members (excludes halogenated alkanes) is 2. The molecule has 0 saturated carbocycles. The van der Waals surface area contributed by atoms with Crippen LogP contribution in [-0.4, -0.2) is 192 Å². The predicted octanol–water partition coefficient (Wildman–Crippen LogP) is 0.155. The van der Waals surface area contributed by atoms with Gasteiger partial charge in [-0.05, 0) is 32.1 Å². The van der Waals surface area contributed by atoms with Crippen molar-refractivity contribution in [3.05, 3.63) is 0 Å². The molecule has 0 bridgehead atoms. The molecule has 0 unspecified atom stereocenters. The third kappa shape index (κ3) is 28.2. The van der Waals surface area contributed by atoms with Gasteiger partial charge in [-0.25, -0.2) is 4.79 Å². The van der Waals surface area contributed by atoms with Crippen molar-refractivity contribution in [2.45, 2.75) is 74.7 Å². The minimum Gasteiger partial charge on any atom is -0.382 e. The first-order chi connectivity index (χ1) is 28.4. The molecule has 5 amide bonds. The van der Waals surface area contributed by atoms with Crippen molar-refractivity contribution in [1.82, 2.24) is 21.3 Å². The van der Waals surface area contributed by atoms with E-state index < -0.39 is 11.9 Å². The van der Waals surface area contributed by atoms with Gasteiger partial charge in [0, 0.05) is 37.5 Å². The van der Waals surface area contributed by atoms with Gasteiger partial charge in [-0.15, -0.1) is 0 Å². The highest BCUT2D eigenvalue weighted by atomic mass is 32.2. The molecule has 0 aromatic heterocycles. The van der Waals surface area contributed by atoms with Crippen molar-refractivity contribution in [2.75, 3.05) is 145 Å². The number of thioether (sulfide) groups is 1. The number of carbonyl (C=O) groups is 4. The van der Waals surface area contributed by atoms with Crippen LogP contribution in [-0.2, 0) is 61.8 Å². The van der Waals surface area contributed by atoms with E-state index in [2.05, 4.69) is 21.3 Å². The number of ether oxygens (including phenoxy) is 10. The average molecular weight is 854 g/mol. The third-order valence-electron chi connectivity index (χ3n) is 8.88. The Morgan fingerprint density at radius 2 is 1.12 bits per heavy atom. The molecule has 2 fully saturated rings. The summed E-state index contributed by atoms with van der Waals surface area (Å²) in [5.41, 5.74) is 5.49. The van der Waals surface area contributed by atoms with Gasteiger partial charge in [0.1, 0.15) is 6.04 Å². The maximum atomic E-state index is 12.3. The number of hydrogen-bond donors (Lipinski definition) is 5. The van der Waals surface area contributed by atoms with E-state index in [1.54, 1.807) is 7.11 Å². The molecule has 19 nitrogen and oxygen atoms in total. The van der Waals surface area contributed by atoms with Crippen LogP contribution in [0.25, 0.3) is 0 Å². The van der Waals surface area contributed by atoms with Crippen LogP contribution < -0.4 is 27.0 Å². The maximum absolute atomic E-state index is 12.3. The average Bonchev–Trinajstić information content (AvgIpc) is 3.77. The lowest BCUT2D eigenvalue weighted by molar-refractivity contribution is -0.128. The number of nitrogens with two attached hydrogens (primary N) is 1. The van der Waals surface area contributed by atoms with E-state index in [-0.39, 0.29) is 43.0 Å². The number of fused-ring (bicyclic) bond motifs is 1. The lowest BCUT2D eigenvalue weighted by Crippen LogP contribution is -2.44. The van der Waals surface area contributed by atoms with Crippen LogP contribution in [0.15, 0.2) is 0 Å². The number of amides is 5. The van der Waals surface area contributed by atoms with Crippen molar-refractivity contribution in [3.8, 4) is 0 Å². The molecule has 58 heavy (non-hydrogen) atoms. The molecule has 2 saturated heterocycles. The van der Waals surface area contributed by atoms with Crippen molar-refractivity contribution < 1.29 is 66.5 Å². The van der Waals surface area contributed by atoms with Crippen molar-refractivity contribution >= 4 is 35.5 Å². The number of carbonyl (C=O) groups excluding carboxylic acids is 4. The minimum atomic E-state index is -0.777. The lowest BCUT2D eigenvalue weighted by atomic mass is 10.0. The Hall–Kier alpha value is -2.37. The van der Waals surface area contributed by atoms with Gasteiger partial charge in [0.15, 0.2) is 0 Å². The zero-order valence-corrected chi connectivity index (χ0v) is 35.3. The molecule has 0 aliphatic carbocycles. The normalized spacial score (nSPS) is 17.8. The van der Waals surface area contributed by atoms with Crippen LogP contribution in [0.2, 0.25) is 0 Å². The largest absolute Gasteiger partial charge is 0.382 e. The van der Waals surface area contributed by atoms with Crippen LogP contribution in [0.4, 0.5) is 4.79 Å². The summed E-state index contributed by atoms with van der Waals surface area (Å²) < 4.78 is 53.9. The van der Waals surface area contributed by atoms with Crippen LogP contribution in [0.3, 0.4) is 0 Å². The second kappa shape index (κ2) is 36.5. The second-order valence-electron chi connectivity index (χ2n) is 13.5. The Morgan fingerprint density at radius 1 is 0.638 bits per heavy atom. The van der Waals surface area contributed by atoms with E-state index in [0.29, 0.717) is 156 Å². The molecule has 6 N–H and O–H groups in total. The lowest BCUT2D eigenvalue weighted by Gasteiger charge is -2.16. The van der Waals surface area contributed by atoms with Gasteiger partial charge in [-0.2, -0.15) is 11.8 Å². The minimum absolute atomic E-state index is 0.00139. The molecule has 20 heteroatoms. The van der Waals surface area contributed by atoms with E-state index in [0.717, 1.165) is 25.0 Å². The Balaban J connectivity index is 1.26. The fraction of sp³-hybridized carbons (Fsp3) is 0.895. The van der Waals surface area contributed by atoms with Crippen LogP contribution in [0.5, 0.6) is 0 Å². The van der Waals surface area contributed by atoms with E-state index in [1.807, 2.05) is 11.8 Å². The standard InChI is InChI=1S/C38H71N5O14S/c1-48-12-13-50-16-17-52-20-21-54-24-25-56-28-29-57-27-26-55-23-22-53-19-18-51-15-14-49-11-9-35(45)41-31(37(39)46)6-4-5-10-40-34(44)8-3-2-7-33-36-32(30-58-33)42-38(47)43-36/h31-33,36H,2-30H2,1H3,(H2,39,46)(H,40,44)(H,41,45)(H2,42,43,47)/t31-,32-,33-,36-/m0/s1. The van der Waals surface area contributed by atoms with Crippen molar-refractivity contribution in [2.24, 2.45) is 5.73 Å². The molecular formula is C38H71N5O14S. The highest BCUT2D eigenvalue weighted by Gasteiger charge is 2.42. The number of hydrogen-bond acceptors (Lipinski definition) is 15. The molecule has 0 aromatic rings. The Morgan fingerprint density at radius 3 is 1.60 bits per heavy atom. The monoisotopic (exact) mass is 853 g/mol. The quantitative estimate of drug-likeness (QED) is 0.0407. The molecule has 2 aliphatic rings. The van der Waals surface area contributed by atoms with Gasteiger partial charge in [0.25, 0.3) is 0 Å². The zero-order valence-electron chi connectivity index (χ0n) is 34.5. The topological polar surface area (TPSA) is 235 Å². The molecule has 0 spiro atoms. The van der Waals surface area contributed by atoms with Gasteiger partial charge in [-0.1, -0.05) is 6.42 Å². The third-order valence-corrected chi connectivity index (χ3v) is 10.4. The molecule has 0 aromatic carbocycles. The highest BCUT2D eigenvalue weighted by molar-refractivity contribution is 8.00. The van der Waals surface area contributed by atoms with Gasteiger partial charge in [0.2, 0.25) is 17.7 Å². The number of nitrogens with one attached hydrogen (secondary N) is 4. The molecule has 2 aliphatic heterocycles. The maximum Gasteiger partial charge on any atom is 0.315 e. The van der Waals surface area contributed by atoms with Gasteiger partial charge in [0.05, 0.1) is 138 Å². The summed E-state index contributed by atoms with van der Waals surface area (Å²) in [5, 5.41) is 11.9. The SMILES string of the molecule is COCCOCCOCCOCCOCCOCCOCCOCCOCCOCCC(=O)N[C@@H](CCCCNC(=O)CCCC[C@@H]1SC[C@@H]2NC(=O)N[C@@H]21)C(N)=O. The molecule has 0 radical (unpaired) electrons. The molecule has 2 rings (SSSR count). The van der Waals surface area contributed by atoms with Crippen molar-refractivity contribution in [1.29, 1.82) is 0 Å². The summed E-state index contributed by atoms with van der Waals surface area (Å²) in [6.45, 7) is 9.21. The second-order valence-corrected chi connectivity index (χ2v) is 14.8. The summed E-state index contributed by atoms with van der Waals surface area (Å²) in [7, 11) is 1.64. The fourth-order valence-corrected chi connectivity index (χ4v) is 7.33. The van der Waals surface area contributed by atoms with Gasteiger partial charge >= 0.3 is 6.03 Å². The first kappa shape index (κ1) is 51.8. The Labute approximate surface area is 348 Å². The van der Waals surface area contributed by atoms with Gasteiger partial charge in [-0.3, -0.25) is 14.4 Å². The van der Waals surface area contributed by atoms with E-state index >= 15 is 0 Å². The number of methoxy groups -OCH3 is 1. The Bertz CT molecular complexity index is 1070. The molecule has 338 valence electrons. The predicted molar refractivity (Wildman–Crippen MR) is 216 cm³/mol. The van der Waals surface area contributed by atoms with Crippen LogP contribution in [0.1, 0.15) is 51.4 Å². The van der Waals surface area contributed by atoms with E-state index in [1.165, 1.54) is 0 Å². The number of urea groups is 1. The molecular weight excluding hydrogens is 783 g/mol. The first-order valence-electron chi connectivity index (χ1n) is 20.6. The first-order valence-corrected chi connectivity index (χ1v) is 21.7. The van der Waals surface area contributed by atoms with Gasteiger partial charge < -0.3 is 74.4 Å². The molecule has 4 atom stereocenters. The van der Waals surface area contributed by atoms with Crippen molar-refractivity contribution in [3.63, 3.8) is 0 Å². The van der Waals surface area contributed by atoms with E-state index in [4.69, 9.17) is 53.1 Å².